The zero-order valence-corrected chi connectivity index (χ0v) is 15.2. The maximum absolute atomic E-state index is 12.7. The highest BCUT2D eigenvalue weighted by atomic mass is 16.2. The van der Waals surface area contributed by atoms with E-state index in [1.54, 1.807) is 11.9 Å². The summed E-state index contributed by atoms with van der Waals surface area (Å²) in [6.45, 7) is 2.13. The molecule has 2 amide bonds. The van der Waals surface area contributed by atoms with Gasteiger partial charge in [0.25, 0.3) is 0 Å². The Morgan fingerprint density at radius 3 is 2.35 bits per heavy atom. The molecule has 2 aromatic rings. The molecule has 5 nitrogen and oxygen atoms in total. The van der Waals surface area contributed by atoms with Gasteiger partial charge in [-0.25, -0.2) is 0 Å². The molecule has 1 fully saturated rings. The van der Waals surface area contributed by atoms with Gasteiger partial charge >= 0.3 is 0 Å². The lowest BCUT2D eigenvalue weighted by Gasteiger charge is -2.27. The first-order chi connectivity index (χ1) is 12.5. The number of carbonyl (C=O) groups is 2. The third-order valence-corrected chi connectivity index (χ3v) is 4.46. The van der Waals surface area contributed by atoms with Gasteiger partial charge in [-0.15, -0.1) is 0 Å². The molecule has 0 saturated heterocycles. The monoisotopic (exact) mass is 351 g/mol. The van der Waals surface area contributed by atoms with Crippen LogP contribution < -0.4 is 10.6 Å². The molecular weight excluding hydrogens is 326 g/mol. The topological polar surface area (TPSA) is 61.4 Å². The standard InChI is InChI=1S/C21H25N3O2/c1-15-8-10-17(11-9-15)22-19(25)14-24(2)20(16-6-4-3-5-7-16)21(26)23-18-12-13-18/h3-11,18,20H,12-14H2,1-2H3,(H,22,25)(H,23,26)/t20-/m0/s1. The van der Waals surface area contributed by atoms with Gasteiger partial charge in [0.2, 0.25) is 11.8 Å². The Labute approximate surface area is 154 Å². The van der Waals surface area contributed by atoms with E-state index >= 15 is 0 Å². The van der Waals surface area contributed by atoms with Crippen LogP contribution in [0.5, 0.6) is 0 Å². The first-order valence-electron chi connectivity index (χ1n) is 8.95. The Balaban J connectivity index is 1.67. The van der Waals surface area contributed by atoms with E-state index < -0.39 is 6.04 Å². The molecule has 5 heteroatoms. The summed E-state index contributed by atoms with van der Waals surface area (Å²) in [4.78, 5) is 26.9. The second-order valence-electron chi connectivity index (χ2n) is 6.93. The lowest BCUT2D eigenvalue weighted by molar-refractivity contribution is -0.127. The largest absolute Gasteiger partial charge is 0.352 e. The number of nitrogens with one attached hydrogen (secondary N) is 2. The molecule has 0 bridgehead atoms. The van der Waals surface area contributed by atoms with Gasteiger partial charge in [0.05, 0.1) is 6.54 Å². The predicted molar refractivity (Wildman–Crippen MR) is 103 cm³/mol. The van der Waals surface area contributed by atoms with E-state index in [2.05, 4.69) is 10.6 Å². The lowest BCUT2D eigenvalue weighted by atomic mass is 10.0. The Morgan fingerprint density at radius 1 is 1.08 bits per heavy atom. The van der Waals surface area contributed by atoms with Gasteiger partial charge in [-0.05, 0) is 44.5 Å². The lowest BCUT2D eigenvalue weighted by Crippen LogP contribution is -2.42. The van der Waals surface area contributed by atoms with E-state index in [1.807, 2.05) is 61.5 Å². The molecule has 0 spiro atoms. The zero-order valence-electron chi connectivity index (χ0n) is 15.2. The first kappa shape index (κ1) is 18.1. The van der Waals surface area contributed by atoms with Crippen LogP contribution >= 0.6 is 0 Å². The Kier molecular flexibility index (Phi) is 5.68. The minimum atomic E-state index is -0.486. The van der Waals surface area contributed by atoms with Crippen LogP contribution in [0, 0.1) is 6.92 Å². The molecule has 0 unspecified atom stereocenters. The second kappa shape index (κ2) is 8.15. The molecule has 0 aliphatic heterocycles. The van der Waals surface area contributed by atoms with Gasteiger partial charge < -0.3 is 10.6 Å². The van der Waals surface area contributed by atoms with Gasteiger partial charge in [-0.1, -0.05) is 48.0 Å². The van der Waals surface area contributed by atoms with Crippen LogP contribution in [0.3, 0.4) is 0 Å². The summed E-state index contributed by atoms with van der Waals surface area (Å²) in [7, 11) is 1.80. The van der Waals surface area contributed by atoms with Gasteiger partial charge in [0.1, 0.15) is 6.04 Å². The second-order valence-corrected chi connectivity index (χ2v) is 6.93. The first-order valence-corrected chi connectivity index (χ1v) is 8.95. The molecule has 1 aliphatic rings. The number of aryl methyl sites for hydroxylation is 1. The van der Waals surface area contributed by atoms with Gasteiger partial charge in [-0.2, -0.15) is 0 Å². The Morgan fingerprint density at radius 2 is 1.73 bits per heavy atom. The van der Waals surface area contributed by atoms with E-state index in [0.717, 1.165) is 29.7 Å². The molecule has 3 rings (SSSR count). The van der Waals surface area contributed by atoms with Crippen LogP contribution in [0.4, 0.5) is 5.69 Å². The fraction of sp³-hybridized carbons (Fsp3) is 0.333. The highest BCUT2D eigenvalue weighted by Gasteiger charge is 2.31. The highest BCUT2D eigenvalue weighted by Crippen LogP contribution is 2.24. The molecule has 0 radical (unpaired) electrons. The van der Waals surface area contributed by atoms with Crippen LogP contribution in [0.2, 0.25) is 0 Å². The average molecular weight is 351 g/mol. The van der Waals surface area contributed by atoms with E-state index in [0.29, 0.717) is 0 Å². The number of rotatable bonds is 7. The van der Waals surface area contributed by atoms with Crippen molar-refractivity contribution in [2.75, 3.05) is 18.9 Å². The third kappa shape index (κ3) is 4.92. The van der Waals surface area contributed by atoms with Gasteiger partial charge in [-0.3, -0.25) is 14.5 Å². The number of carbonyl (C=O) groups excluding carboxylic acids is 2. The molecule has 1 saturated carbocycles. The minimum Gasteiger partial charge on any atom is -0.352 e. The number of anilines is 1. The zero-order chi connectivity index (χ0) is 18.5. The van der Waals surface area contributed by atoms with Crippen molar-refractivity contribution >= 4 is 17.5 Å². The summed E-state index contributed by atoms with van der Waals surface area (Å²) in [5.74, 6) is -0.194. The Hall–Kier alpha value is -2.66. The average Bonchev–Trinajstić information content (AvgIpc) is 3.42. The van der Waals surface area contributed by atoms with Gasteiger partial charge in [0, 0.05) is 11.7 Å². The number of hydrogen-bond acceptors (Lipinski definition) is 3. The van der Waals surface area contributed by atoms with E-state index in [9.17, 15) is 9.59 Å². The number of likely N-dealkylation sites (N-methyl/N-ethyl adjacent to an activating group) is 1. The van der Waals surface area contributed by atoms with Crippen LogP contribution in [0.1, 0.15) is 30.0 Å². The molecule has 0 aromatic heterocycles. The van der Waals surface area contributed by atoms with Crippen molar-refractivity contribution in [1.82, 2.24) is 10.2 Å². The molecule has 26 heavy (non-hydrogen) atoms. The fourth-order valence-electron chi connectivity index (χ4n) is 2.90. The molecular formula is C21H25N3O2. The fourth-order valence-corrected chi connectivity index (χ4v) is 2.90. The van der Waals surface area contributed by atoms with Gasteiger partial charge in [0.15, 0.2) is 0 Å². The van der Waals surface area contributed by atoms with Crippen molar-refractivity contribution in [3.8, 4) is 0 Å². The maximum Gasteiger partial charge on any atom is 0.242 e. The van der Waals surface area contributed by atoms with E-state index in [-0.39, 0.29) is 24.4 Å². The SMILES string of the molecule is Cc1ccc(NC(=O)CN(C)[C@H](C(=O)NC2CC2)c2ccccc2)cc1. The summed E-state index contributed by atoms with van der Waals surface area (Å²) in [5.41, 5.74) is 2.78. The Bertz CT molecular complexity index is 755. The molecule has 2 N–H and O–H groups in total. The number of hydrogen-bond donors (Lipinski definition) is 2. The summed E-state index contributed by atoms with van der Waals surface area (Å²) in [5, 5.41) is 5.94. The summed E-state index contributed by atoms with van der Waals surface area (Å²) >= 11 is 0. The molecule has 1 aliphatic carbocycles. The summed E-state index contributed by atoms with van der Waals surface area (Å²) in [6, 6.07) is 17.0. The number of benzene rings is 2. The van der Waals surface area contributed by atoms with Crippen LogP contribution in [-0.4, -0.2) is 36.3 Å². The smallest absolute Gasteiger partial charge is 0.242 e. The van der Waals surface area contributed by atoms with Crippen molar-refractivity contribution in [3.05, 3.63) is 65.7 Å². The van der Waals surface area contributed by atoms with Crippen molar-refractivity contribution in [2.45, 2.75) is 31.8 Å². The predicted octanol–water partition coefficient (Wildman–Crippen LogP) is 2.89. The molecule has 136 valence electrons. The van der Waals surface area contributed by atoms with E-state index in [4.69, 9.17) is 0 Å². The highest BCUT2D eigenvalue weighted by molar-refractivity contribution is 5.93. The quantitative estimate of drug-likeness (QED) is 0.806. The number of amides is 2. The van der Waals surface area contributed by atoms with E-state index in [1.165, 1.54) is 0 Å². The van der Waals surface area contributed by atoms with Crippen molar-refractivity contribution < 1.29 is 9.59 Å². The third-order valence-electron chi connectivity index (χ3n) is 4.46. The van der Waals surface area contributed by atoms with Crippen molar-refractivity contribution in [3.63, 3.8) is 0 Å². The van der Waals surface area contributed by atoms with Crippen LogP contribution in [0.15, 0.2) is 54.6 Å². The molecule has 2 aromatic carbocycles. The van der Waals surface area contributed by atoms with Crippen LogP contribution in [0.25, 0.3) is 0 Å². The normalized spacial score (nSPS) is 14.7. The van der Waals surface area contributed by atoms with Crippen LogP contribution in [-0.2, 0) is 9.59 Å². The number of nitrogens with zero attached hydrogens (tertiary/aromatic N) is 1. The summed E-state index contributed by atoms with van der Waals surface area (Å²) < 4.78 is 0. The minimum absolute atomic E-state index is 0.0515. The van der Waals surface area contributed by atoms with Crippen molar-refractivity contribution in [1.29, 1.82) is 0 Å². The molecule has 0 heterocycles. The van der Waals surface area contributed by atoms with Crippen molar-refractivity contribution in [2.24, 2.45) is 0 Å². The molecule has 1 atom stereocenters. The maximum atomic E-state index is 12.7. The summed E-state index contributed by atoms with van der Waals surface area (Å²) in [6.07, 6.45) is 2.07.